The van der Waals surface area contributed by atoms with Crippen LogP contribution >= 0.6 is 12.8 Å². The Bertz CT molecular complexity index is 273. The van der Waals surface area contributed by atoms with Gasteiger partial charge in [-0.25, -0.2) is 4.40 Å². The van der Waals surface area contributed by atoms with Crippen molar-refractivity contribution in [1.29, 1.82) is 0 Å². The second-order valence-corrected chi connectivity index (χ2v) is 4.93. The second-order valence-electron chi connectivity index (χ2n) is 4.70. The molecule has 0 aromatic carbocycles. The van der Waals surface area contributed by atoms with Crippen LogP contribution in [-0.2, 0) is 0 Å². The van der Waals surface area contributed by atoms with E-state index in [1.807, 2.05) is 6.08 Å². The van der Waals surface area contributed by atoms with Crippen molar-refractivity contribution in [2.45, 2.75) is 39.8 Å². The number of rotatable bonds is 3. The highest BCUT2D eigenvalue weighted by molar-refractivity contribution is 7.78. The van der Waals surface area contributed by atoms with Gasteiger partial charge in [0.15, 0.2) is 0 Å². The van der Waals surface area contributed by atoms with Crippen molar-refractivity contribution in [3.05, 3.63) is 11.8 Å². The summed E-state index contributed by atoms with van der Waals surface area (Å²) in [7, 11) is 0. The molecule has 16 heavy (non-hydrogen) atoms. The fourth-order valence-corrected chi connectivity index (χ4v) is 2.37. The minimum atomic E-state index is 0.616. The molecule has 1 unspecified atom stereocenters. The van der Waals surface area contributed by atoms with Crippen LogP contribution in [0.3, 0.4) is 0 Å². The molecule has 1 aliphatic rings. The molecule has 1 aliphatic heterocycles. The SMILES string of the molecule is C/C(=C\C=NS)N1CCN(C(C)C)C(C)C1. The number of thiol groups is 1. The van der Waals surface area contributed by atoms with Gasteiger partial charge in [0.25, 0.3) is 0 Å². The zero-order chi connectivity index (χ0) is 12.1. The number of hydrogen-bond acceptors (Lipinski definition) is 4. The van der Waals surface area contributed by atoms with Crippen LogP contribution in [0.15, 0.2) is 16.2 Å². The lowest BCUT2D eigenvalue weighted by atomic mass is 10.1. The maximum Gasteiger partial charge on any atom is 0.0365 e. The molecule has 1 atom stereocenters. The number of piperazine rings is 1. The van der Waals surface area contributed by atoms with Crippen LogP contribution in [0.25, 0.3) is 0 Å². The van der Waals surface area contributed by atoms with Gasteiger partial charge in [0, 0.05) is 43.6 Å². The van der Waals surface area contributed by atoms with E-state index in [0.717, 1.165) is 19.6 Å². The van der Waals surface area contributed by atoms with Crippen molar-refractivity contribution in [3.8, 4) is 0 Å². The molecule has 1 rings (SSSR count). The first-order valence-electron chi connectivity index (χ1n) is 5.91. The largest absolute Gasteiger partial charge is 0.372 e. The van der Waals surface area contributed by atoms with Gasteiger partial charge in [-0.05, 0) is 46.6 Å². The van der Waals surface area contributed by atoms with Crippen LogP contribution in [0.2, 0.25) is 0 Å². The van der Waals surface area contributed by atoms with Crippen molar-refractivity contribution in [2.75, 3.05) is 19.6 Å². The third kappa shape index (κ3) is 3.52. The van der Waals surface area contributed by atoms with Crippen molar-refractivity contribution in [3.63, 3.8) is 0 Å². The molecule has 0 amide bonds. The van der Waals surface area contributed by atoms with Gasteiger partial charge in [-0.1, -0.05) is 0 Å². The fourth-order valence-electron chi connectivity index (χ4n) is 2.31. The lowest BCUT2D eigenvalue weighted by molar-refractivity contribution is 0.0778. The third-order valence-electron chi connectivity index (χ3n) is 3.22. The molecule has 0 radical (unpaired) electrons. The molecule has 1 fully saturated rings. The van der Waals surface area contributed by atoms with Crippen molar-refractivity contribution in [2.24, 2.45) is 4.40 Å². The van der Waals surface area contributed by atoms with Crippen LogP contribution in [0.5, 0.6) is 0 Å². The van der Waals surface area contributed by atoms with E-state index in [9.17, 15) is 0 Å². The highest BCUT2D eigenvalue weighted by Crippen LogP contribution is 2.16. The number of nitrogens with zero attached hydrogens (tertiary/aromatic N) is 3. The van der Waals surface area contributed by atoms with Crippen molar-refractivity contribution < 1.29 is 0 Å². The molecule has 1 heterocycles. The Morgan fingerprint density at radius 3 is 2.62 bits per heavy atom. The van der Waals surface area contributed by atoms with Gasteiger partial charge in [-0.3, -0.25) is 4.90 Å². The molecular weight excluding hydrogens is 218 g/mol. The summed E-state index contributed by atoms with van der Waals surface area (Å²) in [6, 6.07) is 1.26. The summed E-state index contributed by atoms with van der Waals surface area (Å²) < 4.78 is 3.69. The molecule has 92 valence electrons. The first-order chi connectivity index (χ1) is 7.56. The molecule has 3 nitrogen and oxygen atoms in total. The summed E-state index contributed by atoms with van der Waals surface area (Å²) in [6.07, 6.45) is 3.75. The topological polar surface area (TPSA) is 18.8 Å². The fraction of sp³-hybridized carbons (Fsp3) is 0.750. The quantitative estimate of drug-likeness (QED) is 0.603. The summed E-state index contributed by atoms with van der Waals surface area (Å²) >= 11 is 3.82. The first-order valence-corrected chi connectivity index (χ1v) is 6.31. The number of hydrogen-bond donors (Lipinski definition) is 1. The van der Waals surface area contributed by atoms with Gasteiger partial charge < -0.3 is 4.90 Å². The predicted octanol–water partition coefficient (Wildman–Crippen LogP) is 2.22. The predicted molar refractivity (Wildman–Crippen MR) is 74.1 cm³/mol. The van der Waals surface area contributed by atoms with E-state index in [2.05, 4.69) is 54.7 Å². The minimum absolute atomic E-state index is 0.616. The monoisotopic (exact) mass is 241 g/mol. The highest BCUT2D eigenvalue weighted by Gasteiger charge is 2.24. The molecular formula is C12H23N3S. The van der Waals surface area contributed by atoms with E-state index < -0.39 is 0 Å². The Morgan fingerprint density at radius 1 is 1.44 bits per heavy atom. The summed E-state index contributed by atoms with van der Waals surface area (Å²) in [5.74, 6) is 0. The molecule has 1 saturated heterocycles. The van der Waals surface area contributed by atoms with Crippen molar-refractivity contribution >= 4 is 19.0 Å². The Kier molecular flexibility index (Phi) is 5.35. The summed E-state index contributed by atoms with van der Waals surface area (Å²) in [4.78, 5) is 4.97. The molecule has 0 aromatic rings. The molecule has 4 heteroatoms. The molecule has 0 aromatic heterocycles. The first kappa shape index (κ1) is 13.6. The standard InChI is InChI=1S/C12H23N3S/c1-10(2)15-8-7-14(9-12(15)4)11(3)5-6-13-16/h5-6,10,12,16H,7-9H2,1-4H3/b11-5+,13-6?. The maximum absolute atomic E-state index is 3.82. The Morgan fingerprint density at radius 2 is 2.12 bits per heavy atom. The zero-order valence-electron chi connectivity index (χ0n) is 10.7. The molecule has 0 spiro atoms. The van der Waals surface area contributed by atoms with Crippen LogP contribution in [0, 0.1) is 0 Å². The highest BCUT2D eigenvalue weighted by atomic mass is 32.1. The summed E-state index contributed by atoms with van der Waals surface area (Å²) in [5.41, 5.74) is 1.27. The normalized spacial score (nSPS) is 24.8. The van der Waals surface area contributed by atoms with Crippen LogP contribution < -0.4 is 0 Å². The van der Waals surface area contributed by atoms with Gasteiger partial charge in [0.1, 0.15) is 0 Å². The van der Waals surface area contributed by atoms with E-state index in [0.29, 0.717) is 12.1 Å². The molecule has 0 saturated carbocycles. The van der Waals surface area contributed by atoms with Gasteiger partial charge in [0.05, 0.1) is 0 Å². The Labute approximate surface area is 105 Å². The van der Waals surface area contributed by atoms with Crippen LogP contribution in [0.1, 0.15) is 27.7 Å². The Balaban J connectivity index is 2.57. The average Bonchev–Trinajstić information content (AvgIpc) is 2.25. The van der Waals surface area contributed by atoms with Gasteiger partial charge in [-0.2, -0.15) is 0 Å². The van der Waals surface area contributed by atoms with E-state index in [1.165, 1.54) is 5.70 Å². The van der Waals surface area contributed by atoms with Gasteiger partial charge >= 0.3 is 0 Å². The average molecular weight is 241 g/mol. The summed E-state index contributed by atoms with van der Waals surface area (Å²) in [6.45, 7) is 12.3. The lowest BCUT2D eigenvalue weighted by Gasteiger charge is -2.43. The smallest absolute Gasteiger partial charge is 0.0365 e. The molecule has 0 aliphatic carbocycles. The molecule has 0 bridgehead atoms. The van der Waals surface area contributed by atoms with E-state index in [4.69, 9.17) is 0 Å². The molecule has 0 N–H and O–H groups in total. The van der Waals surface area contributed by atoms with Crippen molar-refractivity contribution in [1.82, 2.24) is 9.80 Å². The maximum atomic E-state index is 3.82. The lowest BCUT2D eigenvalue weighted by Crippen LogP contribution is -2.53. The second kappa shape index (κ2) is 6.30. The van der Waals surface area contributed by atoms with E-state index >= 15 is 0 Å². The van der Waals surface area contributed by atoms with E-state index in [-0.39, 0.29) is 0 Å². The summed E-state index contributed by atoms with van der Waals surface area (Å²) in [5, 5.41) is 0. The van der Waals surface area contributed by atoms with E-state index in [1.54, 1.807) is 6.21 Å². The Hall–Kier alpha value is -0.480. The third-order valence-corrected chi connectivity index (χ3v) is 3.36. The van der Waals surface area contributed by atoms with Crippen LogP contribution in [-0.4, -0.2) is 47.7 Å². The van der Waals surface area contributed by atoms with Gasteiger partial charge in [0.2, 0.25) is 0 Å². The van der Waals surface area contributed by atoms with Gasteiger partial charge in [-0.15, -0.1) is 0 Å². The number of allylic oxidation sites excluding steroid dienone is 2. The van der Waals surface area contributed by atoms with Crippen LogP contribution in [0.4, 0.5) is 0 Å². The zero-order valence-corrected chi connectivity index (χ0v) is 11.6. The minimum Gasteiger partial charge on any atom is -0.372 e.